The highest BCUT2D eigenvalue weighted by atomic mass is 16.4. The summed E-state index contributed by atoms with van der Waals surface area (Å²) in [5, 5.41) is 27.4. The normalized spacial score (nSPS) is 11.1. The van der Waals surface area contributed by atoms with Gasteiger partial charge >= 0.3 is 11.9 Å². The third-order valence-electron chi connectivity index (χ3n) is 7.79. The molecule has 6 aromatic heterocycles. The fraction of sp³-hybridized carbons (Fsp3) is 0.250. The van der Waals surface area contributed by atoms with Crippen LogP contribution in [0.5, 0.6) is 0 Å². The maximum absolute atomic E-state index is 12.3. The van der Waals surface area contributed by atoms with Crippen LogP contribution in [0.4, 0.5) is 0 Å². The molecule has 0 aliphatic rings. The molecule has 2 N–H and O–H groups in total. The number of rotatable bonds is 6. The number of pyridine rings is 4. The first-order valence-corrected chi connectivity index (χ1v) is 14.4. The summed E-state index contributed by atoms with van der Waals surface area (Å²) < 4.78 is 6.81. The minimum absolute atomic E-state index is 0.244. The standard InChI is InChI=1S/2C16H16N4O3/c1-4-20-8-12(16(22)23)14(21)10-5-6-13(17-15(10)20)11-7-19(3)18-9(11)2;1-4-20-8-12(16(22)23)14(21)10-5-6-13(18-15(10)20)11-7-17-19(3)9(11)2/h2*5-8H,4H2,1-3H3,(H,22,23). The van der Waals surface area contributed by atoms with E-state index in [-0.39, 0.29) is 11.1 Å². The van der Waals surface area contributed by atoms with E-state index in [2.05, 4.69) is 20.2 Å². The number of hydrogen-bond acceptors (Lipinski definition) is 8. The lowest BCUT2D eigenvalue weighted by molar-refractivity contribution is 0.0684. The van der Waals surface area contributed by atoms with Crippen molar-refractivity contribution in [1.82, 2.24) is 38.7 Å². The maximum Gasteiger partial charge on any atom is 0.341 e. The first-order chi connectivity index (χ1) is 21.9. The molecular formula is C32H32N8O6. The van der Waals surface area contributed by atoms with Gasteiger partial charge in [0.25, 0.3) is 0 Å². The fourth-order valence-corrected chi connectivity index (χ4v) is 5.22. The highest BCUT2D eigenvalue weighted by Crippen LogP contribution is 2.24. The molecule has 6 aromatic rings. The molecule has 0 bridgehead atoms. The second-order valence-electron chi connectivity index (χ2n) is 10.6. The van der Waals surface area contributed by atoms with Gasteiger partial charge in [-0.15, -0.1) is 0 Å². The Hall–Kier alpha value is -5.92. The number of nitrogens with zero attached hydrogens (tertiary/aromatic N) is 8. The summed E-state index contributed by atoms with van der Waals surface area (Å²) in [6, 6.07) is 6.70. The van der Waals surface area contributed by atoms with Crippen molar-refractivity contribution in [3.63, 3.8) is 0 Å². The van der Waals surface area contributed by atoms with Crippen molar-refractivity contribution >= 4 is 34.0 Å². The van der Waals surface area contributed by atoms with Gasteiger partial charge in [-0.25, -0.2) is 19.6 Å². The summed E-state index contributed by atoms with van der Waals surface area (Å²) in [5.41, 5.74) is 4.40. The van der Waals surface area contributed by atoms with Crippen LogP contribution in [0.3, 0.4) is 0 Å². The van der Waals surface area contributed by atoms with Gasteiger partial charge in [0, 0.05) is 62.6 Å². The zero-order chi connectivity index (χ0) is 33.4. The van der Waals surface area contributed by atoms with Crippen LogP contribution in [0.15, 0.2) is 58.6 Å². The fourth-order valence-electron chi connectivity index (χ4n) is 5.22. The van der Waals surface area contributed by atoms with Crippen LogP contribution in [0.25, 0.3) is 44.6 Å². The van der Waals surface area contributed by atoms with Crippen LogP contribution < -0.4 is 10.9 Å². The molecule has 0 aliphatic heterocycles. The molecule has 6 rings (SSSR count). The number of aryl methyl sites for hydroxylation is 5. The Morgan fingerprint density at radius 2 is 1.22 bits per heavy atom. The van der Waals surface area contributed by atoms with Crippen molar-refractivity contribution in [2.24, 2.45) is 14.1 Å². The van der Waals surface area contributed by atoms with Crippen LogP contribution in [-0.4, -0.2) is 60.8 Å². The van der Waals surface area contributed by atoms with Gasteiger partial charge < -0.3 is 19.3 Å². The lowest BCUT2D eigenvalue weighted by Crippen LogP contribution is -2.19. The quantitative estimate of drug-likeness (QED) is 0.278. The lowest BCUT2D eigenvalue weighted by Gasteiger charge is -2.10. The van der Waals surface area contributed by atoms with Gasteiger partial charge in [-0.1, -0.05) is 0 Å². The first-order valence-electron chi connectivity index (χ1n) is 14.4. The number of aromatic nitrogens is 8. The third-order valence-corrected chi connectivity index (χ3v) is 7.79. The Kier molecular flexibility index (Phi) is 8.37. The van der Waals surface area contributed by atoms with E-state index in [4.69, 9.17) is 0 Å². The molecule has 6 heterocycles. The van der Waals surface area contributed by atoms with Gasteiger partial charge in [0.15, 0.2) is 0 Å². The van der Waals surface area contributed by atoms with E-state index in [1.165, 1.54) is 12.4 Å². The number of carboxylic acid groups (broad SMARTS) is 2. The summed E-state index contributed by atoms with van der Waals surface area (Å²) in [4.78, 5) is 56.2. The summed E-state index contributed by atoms with van der Waals surface area (Å²) in [7, 11) is 3.68. The highest BCUT2D eigenvalue weighted by molar-refractivity contribution is 5.93. The summed E-state index contributed by atoms with van der Waals surface area (Å²) in [6.07, 6.45) is 6.28. The zero-order valence-electron chi connectivity index (χ0n) is 26.1. The minimum Gasteiger partial charge on any atom is -0.477 e. The van der Waals surface area contributed by atoms with Gasteiger partial charge in [0.1, 0.15) is 22.4 Å². The molecule has 0 aromatic carbocycles. The summed E-state index contributed by atoms with van der Waals surface area (Å²) in [6.45, 7) is 8.60. The molecule has 0 fully saturated rings. The predicted molar refractivity (Wildman–Crippen MR) is 171 cm³/mol. The number of fused-ring (bicyclic) bond motifs is 2. The zero-order valence-corrected chi connectivity index (χ0v) is 26.1. The van der Waals surface area contributed by atoms with Gasteiger partial charge in [-0.3, -0.25) is 19.0 Å². The van der Waals surface area contributed by atoms with E-state index in [0.29, 0.717) is 46.5 Å². The molecule has 46 heavy (non-hydrogen) atoms. The maximum atomic E-state index is 12.3. The molecule has 0 aliphatic carbocycles. The summed E-state index contributed by atoms with van der Waals surface area (Å²) >= 11 is 0. The predicted octanol–water partition coefficient (Wildman–Crippen LogP) is 3.65. The van der Waals surface area contributed by atoms with E-state index in [0.717, 1.165) is 22.5 Å². The SMILES string of the molecule is CCn1cc(C(=O)O)c(=O)c2ccc(-c3cn(C)nc3C)nc21.CCn1cc(C(=O)O)c(=O)c2ccc(-c3cnn(C)c3C)nc21. The van der Waals surface area contributed by atoms with Crippen LogP contribution in [0, 0.1) is 13.8 Å². The second kappa shape index (κ2) is 12.2. The minimum atomic E-state index is -1.23. The van der Waals surface area contributed by atoms with Crippen molar-refractivity contribution < 1.29 is 19.8 Å². The number of aromatic carboxylic acids is 2. The molecule has 0 amide bonds. The van der Waals surface area contributed by atoms with E-state index < -0.39 is 22.8 Å². The monoisotopic (exact) mass is 624 g/mol. The van der Waals surface area contributed by atoms with Crippen molar-refractivity contribution in [3.05, 3.63) is 92.0 Å². The molecule has 0 radical (unpaired) electrons. The molecular weight excluding hydrogens is 592 g/mol. The van der Waals surface area contributed by atoms with Crippen molar-refractivity contribution in [2.75, 3.05) is 0 Å². The van der Waals surface area contributed by atoms with E-state index in [9.17, 15) is 29.4 Å². The topological polar surface area (TPSA) is 180 Å². The van der Waals surface area contributed by atoms with E-state index in [1.807, 2.05) is 48.0 Å². The van der Waals surface area contributed by atoms with Gasteiger partial charge in [-0.05, 0) is 52.0 Å². The van der Waals surface area contributed by atoms with E-state index in [1.54, 1.807) is 49.0 Å². The molecule has 14 heteroatoms. The molecule has 236 valence electrons. The van der Waals surface area contributed by atoms with Crippen molar-refractivity contribution in [2.45, 2.75) is 40.8 Å². The Bertz CT molecular complexity index is 2180. The van der Waals surface area contributed by atoms with Crippen molar-refractivity contribution in [3.8, 4) is 22.5 Å². The van der Waals surface area contributed by atoms with Crippen molar-refractivity contribution in [1.29, 1.82) is 0 Å². The average molecular weight is 625 g/mol. The Morgan fingerprint density at radius 3 is 1.59 bits per heavy atom. The number of carboxylic acids is 2. The van der Waals surface area contributed by atoms with Crippen LogP contribution in [0.2, 0.25) is 0 Å². The van der Waals surface area contributed by atoms with Crippen LogP contribution in [0.1, 0.15) is 46.0 Å². The van der Waals surface area contributed by atoms with Gasteiger partial charge in [-0.2, -0.15) is 10.2 Å². The Labute approximate surface area is 261 Å². The van der Waals surface area contributed by atoms with Crippen LogP contribution in [-0.2, 0) is 27.2 Å². The molecule has 0 unspecified atom stereocenters. The summed E-state index contributed by atoms with van der Waals surface area (Å²) in [5.74, 6) is -2.46. The lowest BCUT2D eigenvalue weighted by atomic mass is 10.1. The third kappa shape index (κ3) is 5.56. The largest absolute Gasteiger partial charge is 0.477 e. The molecule has 14 nitrogen and oxygen atoms in total. The first kappa shape index (κ1) is 31.5. The highest BCUT2D eigenvalue weighted by Gasteiger charge is 2.18. The number of carbonyl (C=O) groups is 2. The van der Waals surface area contributed by atoms with Gasteiger partial charge in [0.2, 0.25) is 10.9 Å². The molecule has 0 spiro atoms. The average Bonchev–Trinajstić information content (AvgIpc) is 3.55. The van der Waals surface area contributed by atoms with E-state index >= 15 is 0 Å². The number of hydrogen-bond donors (Lipinski definition) is 2. The molecule has 0 atom stereocenters. The molecule has 0 saturated heterocycles. The molecule has 0 saturated carbocycles. The smallest absolute Gasteiger partial charge is 0.341 e. The Balaban J connectivity index is 0.000000181. The second-order valence-corrected chi connectivity index (χ2v) is 10.6. The Morgan fingerprint density at radius 1 is 0.739 bits per heavy atom. The van der Waals surface area contributed by atoms with Gasteiger partial charge in [0.05, 0.1) is 34.1 Å². The van der Waals surface area contributed by atoms with Crippen LogP contribution >= 0.6 is 0 Å².